The third-order valence-electron chi connectivity index (χ3n) is 4.58. The average molecular weight is 352 g/mol. The number of aryl methyl sites for hydroxylation is 1. The van der Waals surface area contributed by atoms with E-state index in [1.165, 1.54) is 5.56 Å². The molecule has 26 heavy (non-hydrogen) atoms. The van der Waals surface area contributed by atoms with E-state index in [0.717, 1.165) is 24.9 Å². The molecule has 0 saturated carbocycles. The van der Waals surface area contributed by atoms with Crippen molar-refractivity contribution in [3.63, 3.8) is 0 Å². The molecule has 1 saturated heterocycles. The zero-order chi connectivity index (χ0) is 18.4. The van der Waals surface area contributed by atoms with Gasteiger partial charge in [-0.3, -0.25) is 9.69 Å². The van der Waals surface area contributed by atoms with Crippen LogP contribution in [-0.2, 0) is 16.0 Å². The van der Waals surface area contributed by atoms with E-state index in [-0.39, 0.29) is 17.9 Å². The summed E-state index contributed by atoms with van der Waals surface area (Å²) in [5.74, 6) is -0.0710. The Bertz CT molecular complexity index is 761. The molecule has 1 atom stereocenters. The van der Waals surface area contributed by atoms with Crippen molar-refractivity contribution in [2.45, 2.75) is 26.2 Å². The van der Waals surface area contributed by atoms with Crippen molar-refractivity contribution in [1.29, 1.82) is 0 Å². The maximum atomic E-state index is 12.4. The maximum absolute atomic E-state index is 12.4. The van der Waals surface area contributed by atoms with Crippen molar-refractivity contribution >= 4 is 23.4 Å². The number of rotatable bonds is 7. The van der Waals surface area contributed by atoms with Crippen LogP contribution in [0.2, 0.25) is 0 Å². The second-order valence-corrected chi connectivity index (χ2v) is 6.58. The molecule has 2 amide bonds. The van der Waals surface area contributed by atoms with Gasteiger partial charge < -0.3 is 10.1 Å². The lowest BCUT2D eigenvalue weighted by atomic mass is 10.0. The van der Waals surface area contributed by atoms with E-state index in [1.54, 1.807) is 11.0 Å². The minimum Gasteiger partial charge on any atom is -0.447 e. The molecule has 1 N–H and O–H groups in total. The number of ether oxygens (including phenoxy) is 1. The summed E-state index contributed by atoms with van der Waals surface area (Å²) in [7, 11) is 0. The molecule has 0 aliphatic carbocycles. The van der Waals surface area contributed by atoms with Crippen LogP contribution in [0.15, 0.2) is 54.6 Å². The Morgan fingerprint density at radius 2 is 2.00 bits per heavy atom. The van der Waals surface area contributed by atoms with Crippen molar-refractivity contribution in [3.8, 4) is 0 Å². The average Bonchev–Trinajstić information content (AvgIpc) is 3.08. The molecule has 1 aliphatic rings. The van der Waals surface area contributed by atoms with E-state index >= 15 is 0 Å². The van der Waals surface area contributed by atoms with Crippen molar-refractivity contribution < 1.29 is 14.3 Å². The van der Waals surface area contributed by atoms with E-state index in [1.807, 2.05) is 43.3 Å². The molecule has 1 unspecified atom stereocenters. The Balaban J connectivity index is 1.51. The SMILES string of the molecule is CC(CCCc1ccccc1)C(=O)Nc1cccc(N2CCOC2=O)c1. The number of carbonyl (C=O) groups is 2. The van der Waals surface area contributed by atoms with Crippen molar-refractivity contribution in [2.75, 3.05) is 23.4 Å². The van der Waals surface area contributed by atoms with Gasteiger partial charge in [0.25, 0.3) is 0 Å². The number of carbonyl (C=O) groups excluding carboxylic acids is 2. The van der Waals surface area contributed by atoms with Crippen LogP contribution in [0.1, 0.15) is 25.3 Å². The van der Waals surface area contributed by atoms with Crippen LogP contribution in [0.4, 0.5) is 16.2 Å². The molecule has 0 aromatic heterocycles. The Morgan fingerprint density at radius 1 is 1.19 bits per heavy atom. The predicted octanol–water partition coefficient (Wildman–Crippen LogP) is 4.24. The summed E-state index contributed by atoms with van der Waals surface area (Å²) in [6.45, 7) is 2.88. The maximum Gasteiger partial charge on any atom is 0.414 e. The summed E-state index contributed by atoms with van der Waals surface area (Å²) in [6.07, 6.45) is 2.44. The zero-order valence-corrected chi connectivity index (χ0v) is 15.0. The molecule has 1 heterocycles. The lowest BCUT2D eigenvalue weighted by Gasteiger charge is -2.16. The topological polar surface area (TPSA) is 58.6 Å². The first-order chi connectivity index (χ1) is 12.6. The highest BCUT2D eigenvalue weighted by Gasteiger charge is 2.23. The molecule has 2 aromatic carbocycles. The highest BCUT2D eigenvalue weighted by Crippen LogP contribution is 2.23. The van der Waals surface area contributed by atoms with Crippen molar-refractivity contribution in [2.24, 2.45) is 5.92 Å². The summed E-state index contributed by atoms with van der Waals surface area (Å²) < 4.78 is 4.96. The first-order valence-electron chi connectivity index (χ1n) is 9.02. The zero-order valence-electron chi connectivity index (χ0n) is 15.0. The molecule has 5 nitrogen and oxygen atoms in total. The second-order valence-electron chi connectivity index (χ2n) is 6.58. The molecule has 136 valence electrons. The van der Waals surface area contributed by atoms with E-state index in [9.17, 15) is 9.59 Å². The van der Waals surface area contributed by atoms with Crippen LogP contribution in [0, 0.1) is 5.92 Å². The molecule has 5 heteroatoms. The van der Waals surface area contributed by atoms with Crippen molar-refractivity contribution in [1.82, 2.24) is 0 Å². The van der Waals surface area contributed by atoms with Gasteiger partial charge in [-0.1, -0.05) is 43.3 Å². The number of anilines is 2. The molecule has 2 aromatic rings. The van der Waals surface area contributed by atoms with Gasteiger partial charge in [0, 0.05) is 17.3 Å². The van der Waals surface area contributed by atoms with Crippen LogP contribution in [-0.4, -0.2) is 25.2 Å². The molecule has 1 fully saturated rings. The highest BCUT2D eigenvalue weighted by atomic mass is 16.6. The number of hydrogen-bond donors (Lipinski definition) is 1. The fourth-order valence-electron chi connectivity index (χ4n) is 3.03. The van der Waals surface area contributed by atoms with Gasteiger partial charge in [-0.25, -0.2) is 4.79 Å². The predicted molar refractivity (Wildman–Crippen MR) is 102 cm³/mol. The van der Waals surface area contributed by atoms with E-state index in [0.29, 0.717) is 18.8 Å². The quantitative estimate of drug-likeness (QED) is 0.811. The van der Waals surface area contributed by atoms with Gasteiger partial charge in [0.15, 0.2) is 0 Å². The van der Waals surface area contributed by atoms with E-state index in [4.69, 9.17) is 4.74 Å². The summed E-state index contributed by atoms with van der Waals surface area (Å²) in [5.41, 5.74) is 2.73. The number of hydrogen-bond acceptors (Lipinski definition) is 3. The third kappa shape index (κ3) is 4.63. The van der Waals surface area contributed by atoms with Gasteiger partial charge in [-0.05, 0) is 43.0 Å². The minimum atomic E-state index is -0.345. The third-order valence-corrected chi connectivity index (χ3v) is 4.58. The lowest BCUT2D eigenvalue weighted by molar-refractivity contribution is -0.119. The largest absolute Gasteiger partial charge is 0.447 e. The molecule has 0 spiro atoms. The Labute approximate surface area is 154 Å². The number of nitrogens with zero attached hydrogens (tertiary/aromatic N) is 1. The lowest BCUT2D eigenvalue weighted by Crippen LogP contribution is -2.24. The fraction of sp³-hybridized carbons (Fsp3) is 0.333. The first-order valence-corrected chi connectivity index (χ1v) is 9.02. The summed E-state index contributed by atoms with van der Waals surface area (Å²) in [6, 6.07) is 17.6. The molecular weight excluding hydrogens is 328 g/mol. The number of nitrogens with one attached hydrogen (secondary N) is 1. The monoisotopic (exact) mass is 352 g/mol. The van der Waals surface area contributed by atoms with Gasteiger partial charge >= 0.3 is 6.09 Å². The van der Waals surface area contributed by atoms with E-state index in [2.05, 4.69) is 17.4 Å². The summed E-state index contributed by atoms with van der Waals surface area (Å²) in [5, 5.41) is 2.95. The second kappa shape index (κ2) is 8.52. The molecular formula is C21H24N2O3. The van der Waals surface area contributed by atoms with Gasteiger partial charge in [-0.15, -0.1) is 0 Å². The molecule has 0 radical (unpaired) electrons. The Kier molecular flexibility index (Phi) is 5.89. The van der Waals surface area contributed by atoms with Gasteiger partial charge in [0.2, 0.25) is 5.91 Å². The normalized spacial score (nSPS) is 14.8. The summed E-state index contributed by atoms with van der Waals surface area (Å²) in [4.78, 5) is 25.7. The van der Waals surface area contributed by atoms with Crippen molar-refractivity contribution in [3.05, 3.63) is 60.2 Å². The number of amides is 2. The van der Waals surface area contributed by atoms with E-state index < -0.39 is 0 Å². The molecule has 3 rings (SSSR count). The number of cyclic esters (lactones) is 1. The van der Waals surface area contributed by atoms with Crippen LogP contribution in [0.3, 0.4) is 0 Å². The Hall–Kier alpha value is -2.82. The van der Waals surface area contributed by atoms with Crippen LogP contribution in [0.25, 0.3) is 0 Å². The number of benzene rings is 2. The molecule has 0 bridgehead atoms. The van der Waals surface area contributed by atoms with Gasteiger partial charge in [0.05, 0.1) is 6.54 Å². The minimum absolute atomic E-state index is 0.000731. The highest BCUT2D eigenvalue weighted by molar-refractivity contribution is 5.94. The van der Waals surface area contributed by atoms with Crippen LogP contribution < -0.4 is 10.2 Å². The summed E-state index contributed by atoms with van der Waals surface area (Å²) >= 11 is 0. The van der Waals surface area contributed by atoms with Gasteiger partial charge in [0.1, 0.15) is 6.61 Å². The standard InChI is InChI=1S/C21H24N2O3/c1-16(7-5-10-17-8-3-2-4-9-17)20(24)22-18-11-6-12-19(15-18)23-13-14-26-21(23)25/h2-4,6,8-9,11-12,15-16H,5,7,10,13-14H2,1H3,(H,22,24). The smallest absolute Gasteiger partial charge is 0.414 e. The fourth-order valence-corrected chi connectivity index (χ4v) is 3.03. The molecule has 1 aliphatic heterocycles. The van der Waals surface area contributed by atoms with Crippen LogP contribution in [0.5, 0.6) is 0 Å². The van der Waals surface area contributed by atoms with Gasteiger partial charge in [-0.2, -0.15) is 0 Å². The van der Waals surface area contributed by atoms with Crippen LogP contribution >= 0.6 is 0 Å². The first kappa shape index (κ1) is 18.0. The Morgan fingerprint density at radius 3 is 2.73 bits per heavy atom.